The molecule has 17 heavy (non-hydrogen) atoms. The molecule has 2 nitrogen and oxygen atoms in total. The summed E-state index contributed by atoms with van der Waals surface area (Å²) in [7, 11) is 0. The fourth-order valence-electron chi connectivity index (χ4n) is 2.23. The molecule has 88 valence electrons. The largest absolute Gasteiger partial charge is 0.481 e. The summed E-state index contributed by atoms with van der Waals surface area (Å²) in [6.07, 6.45) is 6.31. The molecule has 0 spiro atoms. The zero-order valence-electron chi connectivity index (χ0n) is 10.1. The van der Waals surface area contributed by atoms with Crippen molar-refractivity contribution < 1.29 is 9.90 Å². The van der Waals surface area contributed by atoms with Crippen molar-refractivity contribution in [1.82, 2.24) is 0 Å². The Hall–Kier alpha value is -1.83. The van der Waals surface area contributed by atoms with E-state index in [9.17, 15) is 9.90 Å². The van der Waals surface area contributed by atoms with Gasteiger partial charge in [-0.05, 0) is 37.0 Å². The van der Waals surface area contributed by atoms with Crippen LogP contribution in [0.15, 0.2) is 42.5 Å². The second-order valence-electron chi connectivity index (χ2n) is 4.66. The topological polar surface area (TPSA) is 37.3 Å². The van der Waals surface area contributed by atoms with Crippen LogP contribution in [0.4, 0.5) is 0 Å². The first-order valence-electron chi connectivity index (χ1n) is 5.72. The summed E-state index contributed by atoms with van der Waals surface area (Å²) in [5, 5.41) is 9.45. The van der Waals surface area contributed by atoms with Gasteiger partial charge in [0.25, 0.3) is 0 Å². The van der Waals surface area contributed by atoms with E-state index in [1.165, 1.54) is 0 Å². The minimum atomic E-state index is -0.819. The molecular formula is C15H16O2. The van der Waals surface area contributed by atoms with Gasteiger partial charge >= 0.3 is 5.97 Å². The zero-order chi connectivity index (χ0) is 12.5. The lowest BCUT2D eigenvalue weighted by Gasteiger charge is -2.30. The normalized spacial score (nSPS) is 23.3. The van der Waals surface area contributed by atoms with Gasteiger partial charge < -0.3 is 5.11 Å². The summed E-state index contributed by atoms with van der Waals surface area (Å²) in [5.74, 6) is -0.767. The Morgan fingerprint density at radius 3 is 2.71 bits per heavy atom. The molecule has 2 rings (SSSR count). The quantitative estimate of drug-likeness (QED) is 0.842. The van der Waals surface area contributed by atoms with Crippen LogP contribution in [0.3, 0.4) is 0 Å². The predicted octanol–water partition coefficient (Wildman–Crippen LogP) is 3.43. The van der Waals surface area contributed by atoms with Gasteiger partial charge in [0.2, 0.25) is 0 Å². The van der Waals surface area contributed by atoms with Crippen molar-refractivity contribution in [2.24, 2.45) is 5.41 Å². The van der Waals surface area contributed by atoms with Crippen molar-refractivity contribution in [2.45, 2.75) is 20.3 Å². The van der Waals surface area contributed by atoms with Crippen molar-refractivity contribution in [3.05, 3.63) is 53.6 Å². The first-order chi connectivity index (χ1) is 8.05. The lowest BCUT2D eigenvalue weighted by atomic mass is 9.73. The van der Waals surface area contributed by atoms with Crippen LogP contribution in [-0.2, 0) is 4.79 Å². The smallest absolute Gasteiger partial charge is 0.314 e. The van der Waals surface area contributed by atoms with E-state index in [2.05, 4.69) is 0 Å². The first-order valence-corrected chi connectivity index (χ1v) is 5.72. The molecule has 1 aliphatic carbocycles. The molecule has 0 radical (unpaired) electrons. The van der Waals surface area contributed by atoms with E-state index in [1.54, 1.807) is 6.92 Å². The molecule has 1 unspecified atom stereocenters. The van der Waals surface area contributed by atoms with E-state index in [0.717, 1.165) is 16.7 Å². The Labute approximate surface area is 101 Å². The third-order valence-electron chi connectivity index (χ3n) is 3.43. The van der Waals surface area contributed by atoms with E-state index in [1.807, 2.05) is 49.4 Å². The van der Waals surface area contributed by atoms with Crippen LogP contribution >= 0.6 is 0 Å². The van der Waals surface area contributed by atoms with Gasteiger partial charge in [-0.3, -0.25) is 4.79 Å². The van der Waals surface area contributed by atoms with E-state index < -0.39 is 11.4 Å². The van der Waals surface area contributed by atoms with Gasteiger partial charge in [-0.1, -0.05) is 42.5 Å². The molecule has 0 aliphatic heterocycles. The highest BCUT2D eigenvalue weighted by molar-refractivity contribution is 5.93. The second kappa shape index (κ2) is 4.21. The SMILES string of the molecule is Cc1ccccc1C1=CC=CCC1(C)C(=O)O. The highest BCUT2D eigenvalue weighted by Gasteiger charge is 2.38. The summed E-state index contributed by atoms with van der Waals surface area (Å²) in [5.41, 5.74) is 2.22. The van der Waals surface area contributed by atoms with Crippen LogP contribution in [0.25, 0.3) is 5.57 Å². The molecule has 0 saturated heterocycles. The maximum Gasteiger partial charge on any atom is 0.314 e. The van der Waals surface area contributed by atoms with Gasteiger partial charge in [0.15, 0.2) is 0 Å². The lowest BCUT2D eigenvalue weighted by molar-refractivity contribution is -0.144. The maximum atomic E-state index is 11.5. The van der Waals surface area contributed by atoms with Crippen LogP contribution in [0.2, 0.25) is 0 Å². The standard InChI is InChI=1S/C15H16O2/c1-11-7-3-4-8-12(11)13-9-5-6-10-15(13,2)14(16)17/h3-9H,10H2,1-2H3,(H,16,17). The third kappa shape index (κ3) is 1.91. The van der Waals surface area contributed by atoms with Gasteiger partial charge in [-0.25, -0.2) is 0 Å². The van der Waals surface area contributed by atoms with E-state index >= 15 is 0 Å². The van der Waals surface area contributed by atoms with Gasteiger partial charge in [0, 0.05) is 0 Å². The zero-order valence-corrected chi connectivity index (χ0v) is 10.1. The molecule has 1 atom stereocenters. The van der Waals surface area contributed by atoms with Gasteiger partial charge in [0.1, 0.15) is 0 Å². The van der Waals surface area contributed by atoms with Crippen molar-refractivity contribution in [3.8, 4) is 0 Å². The molecule has 0 bridgehead atoms. The summed E-state index contributed by atoms with van der Waals surface area (Å²) >= 11 is 0. The Kier molecular flexibility index (Phi) is 2.88. The Morgan fingerprint density at radius 1 is 1.35 bits per heavy atom. The molecular weight excluding hydrogens is 212 g/mol. The van der Waals surface area contributed by atoms with Crippen LogP contribution < -0.4 is 0 Å². The number of carboxylic acids is 1. The highest BCUT2D eigenvalue weighted by atomic mass is 16.4. The molecule has 1 N–H and O–H groups in total. The number of carbonyl (C=O) groups is 1. The molecule has 2 heteroatoms. The molecule has 0 saturated carbocycles. The first kappa shape index (κ1) is 11.6. The molecule has 0 fully saturated rings. The number of hydrogen-bond acceptors (Lipinski definition) is 1. The number of benzene rings is 1. The summed E-state index contributed by atoms with van der Waals surface area (Å²) < 4.78 is 0. The summed E-state index contributed by atoms with van der Waals surface area (Å²) in [6.45, 7) is 3.80. The molecule has 0 heterocycles. The van der Waals surface area contributed by atoms with Crippen LogP contribution in [0.5, 0.6) is 0 Å². The second-order valence-corrected chi connectivity index (χ2v) is 4.66. The van der Waals surface area contributed by atoms with Crippen molar-refractivity contribution >= 4 is 11.5 Å². The summed E-state index contributed by atoms with van der Waals surface area (Å²) in [6, 6.07) is 7.91. The molecule has 1 aromatic carbocycles. The molecule has 0 aromatic heterocycles. The van der Waals surface area contributed by atoms with Crippen LogP contribution in [-0.4, -0.2) is 11.1 Å². The van der Waals surface area contributed by atoms with E-state index in [4.69, 9.17) is 0 Å². The fraction of sp³-hybridized carbons (Fsp3) is 0.267. The lowest BCUT2D eigenvalue weighted by Crippen LogP contribution is -2.29. The van der Waals surface area contributed by atoms with Crippen LogP contribution in [0, 0.1) is 12.3 Å². The molecule has 0 amide bonds. The minimum absolute atomic E-state index is 0.544. The van der Waals surface area contributed by atoms with Crippen molar-refractivity contribution in [2.75, 3.05) is 0 Å². The number of allylic oxidation sites excluding steroid dienone is 3. The van der Waals surface area contributed by atoms with Crippen LogP contribution in [0.1, 0.15) is 24.5 Å². The number of rotatable bonds is 2. The van der Waals surface area contributed by atoms with Gasteiger partial charge in [0.05, 0.1) is 5.41 Å². The molecule has 1 aliphatic rings. The number of aryl methyl sites for hydroxylation is 1. The molecule has 1 aromatic rings. The number of hydrogen-bond donors (Lipinski definition) is 1. The monoisotopic (exact) mass is 228 g/mol. The Bertz CT molecular complexity index is 511. The number of aliphatic carboxylic acids is 1. The van der Waals surface area contributed by atoms with Gasteiger partial charge in [-0.2, -0.15) is 0 Å². The minimum Gasteiger partial charge on any atom is -0.481 e. The Balaban J connectivity index is 2.56. The summed E-state index contributed by atoms with van der Waals surface area (Å²) in [4.78, 5) is 11.5. The Morgan fingerprint density at radius 2 is 2.06 bits per heavy atom. The average molecular weight is 228 g/mol. The number of carboxylic acid groups (broad SMARTS) is 1. The van der Waals surface area contributed by atoms with Crippen molar-refractivity contribution in [1.29, 1.82) is 0 Å². The predicted molar refractivity (Wildman–Crippen MR) is 68.7 cm³/mol. The van der Waals surface area contributed by atoms with E-state index in [0.29, 0.717) is 6.42 Å². The van der Waals surface area contributed by atoms with E-state index in [-0.39, 0.29) is 0 Å². The van der Waals surface area contributed by atoms with Crippen molar-refractivity contribution in [3.63, 3.8) is 0 Å². The average Bonchev–Trinajstić information content (AvgIpc) is 2.31. The fourth-order valence-corrected chi connectivity index (χ4v) is 2.23. The third-order valence-corrected chi connectivity index (χ3v) is 3.43. The maximum absolute atomic E-state index is 11.5. The van der Waals surface area contributed by atoms with Gasteiger partial charge in [-0.15, -0.1) is 0 Å². The highest BCUT2D eigenvalue weighted by Crippen LogP contribution is 2.41.